The first kappa shape index (κ1) is 11.4. The predicted octanol–water partition coefficient (Wildman–Crippen LogP) is 0.554. The summed E-state index contributed by atoms with van der Waals surface area (Å²) in [4.78, 5) is 19.0. The SMILES string of the molecule is CCOc1ncc(CCC(=O)NC)cn1. The Balaban J connectivity index is 2.45. The molecule has 5 heteroatoms. The molecule has 0 radical (unpaired) electrons. The fraction of sp³-hybridized carbons (Fsp3) is 0.500. The van der Waals surface area contributed by atoms with E-state index in [2.05, 4.69) is 15.3 Å². The zero-order valence-corrected chi connectivity index (χ0v) is 8.99. The van der Waals surface area contributed by atoms with Crippen LogP contribution < -0.4 is 10.1 Å². The Kier molecular flexibility index (Phi) is 4.53. The van der Waals surface area contributed by atoms with Crippen molar-refractivity contribution in [3.05, 3.63) is 18.0 Å². The molecule has 0 aliphatic rings. The van der Waals surface area contributed by atoms with Crippen molar-refractivity contribution in [2.75, 3.05) is 13.7 Å². The number of carbonyl (C=O) groups is 1. The second-order valence-corrected chi connectivity index (χ2v) is 2.98. The number of nitrogens with one attached hydrogen (secondary N) is 1. The summed E-state index contributed by atoms with van der Waals surface area (Å²) in [5.41, 5.74) is 0.932. The largest absolute Gasteiger partial charge is 0.464 e. The van der Waals surface area contributed by atoms with Gasteiger partial charge in [-0.25, -0.2) is 9.97 Å². The lowest BCUT2D eigenvalue weighted by molar-refractivity contribution is -0.120. The van der Waals surface area contributed by atoms with Gasteiger partial charge >= 0.3 is 6.01 Å². The highest BCUT2D eigenvalue weighted by Gasteiger charge is 2.01. The standard InChI is InChI=1S/C10H15N3O2/c1-3-15-10-12-6-8(7-13-10)4-5-9(14)11-2/h6-7H,3-5H2,1-2H3,(H,11,14). The summed E-state index contributed by atoms with van der Waals surface area (Å²) in [6.07, 6.45) is 4.46. The average molecular weight is 209 g/mol. The van der Waals surface area contributed by atoms with Crippen molar-refractivity contribution in [1.29, 1.82) is 0 Å². The maximum absolute atomic E-state index is 11.0. The van der Waals surface area contributed by atoms with Crippen LogP contribution in [0.1, 0.15) is 18.9 Å². The molecule has 1 N–H and O–H groups in total. The Morgan fingerprint density at radius 1 is 1.47 bits per heavy atom. The lowest BCUT2D eigenvalue weighted by atomic mass is 10.2. The smallest absolute Gasteiger partial charge is 0.316 e. The molecule has 82 valence electrons. The van der Waals surface area contributed by atoms with Gasteiger partial charge in [0.2, 0.25) is 5.91 Å². The molecule has 15 heavy (non-hydrogen) atoms. The fourth-order valence-corrected chi connectivity index (χ4v) is 1.06. The van der Waals surface area contributed by atoms with Crippen LogP contribution in [0.25, 0.3) is 0 Å². The first-order valence-electron chi connectivity index (χ1n) is 4.90. The molecule has 0 fully saturated rings. The van der Waals surface area contributed by atoms with Gasteiger partial charge in [0.15, 0.2) is 0 Å². The Morgan fingerprint density at radius 2 is 2.13 bits per heavy atom. The van der Waals surface area contributed by atoms with Gasteiger partial charge in [0.25, 0.3) is 0 Å². The van der Waals surface area contributed by atoms with Crippen LogP contribution in [0.3, 0.4) is 0 Å². The maximum atomic E-state index is 11.0. The molecule has 1 amide bonds. The van der Waals surface area contributed by atoms with Gasteiger partial charge in [0, 0.05) is 25.9 Å². The molecule has 0 atom stereocenters. The van der Waals surface area contributed by atoms with Gasteiger partial charge in [-0.2, -0.15) is 0 Å². The Hall–Kier alpha value is -1.65. The van der Waals surface area contributed by atoms with Crippen molar-refractivity contribution in [2.45, 2.75) is 19.8 Å². The van der Waals surface area contributed by atoms with Crippen LogP contribution in [0, 0.1) is 0 Å². The second-order valence-electron chi connectivity index (χ2n) is 2.98. The van der Waals surface area contributed by atoms with E-state index in [-0.39, 0.29) is 5.91 Å². The van der Waals surface area contributed by atoms with E-state index in [0.29, 0.717) is 25.5 Å². The third-order valence-electron chi connectivity index (χ3n) is 1.87. The molecule has 0 saturated carbocycles. The normalized spacial score (nSPS) is 9.73. The molecule has 0 aliphatic heterocycles. The van der Waals surface area contributed by atoms with Crippen molar-refractivity contribution in [3.8, 4) is 6.01 Å². The third kappa shape index (κ3) is 3.93. The molecule has 0 aromatic carbocycles. The number of aryl methyl sites for hydroxylation is 1. The number of hydrogen-bond acceptors (Lipinski definition) is 4. The maximum Gasteiger partial charge on any atom is 0.316 e. The third-order valence-corrected chi connectivity index (χ3v) is 1.87. The van der Waals surface area contributed by atoms with E-state index < -0.39 is 0 Å². The fourth-order valence-electron chi connectivity index (χ4n) is 1.06. The Bertz CT molecular complexity index is 311. The van der Waals surface area contributed by atoms with E-state index in [1.807, 2.05) is 6.92 Å². The number of nitrogens with zero attached hydrogens (tertiary/aromatic N) is 2. The monoisotopic (exact) mass is 209 g/mol. The van der Waals surface area contributed by atoms with Crippen molar-refractivity contribution < 1.29 is 9.53 Å². The minimum Gasteiger partial charge on any atom is -0.464 e. The molecule has 0 bridgehead atoms. The first-order chi connectivity index (χ1) is 7.26. The summed E-state index contributed by atoms with van der Waals surface area (Å²) in [7, 11) is 1.62. The molecule has 1 heterocycles. The predicted molar refractivity (Wildman–Crippen MR) is 55.6 cm³/mol. The van der Waals surface area contributed by atoms with Gasteiger partial charge in [-0.05, 0) is 18.9 Å². The topological polar surface area (TPSA) is 64.1 Å². The van der Waals surface area contributed by atoms with Crippen molar-refractivity contribution in [3.63, 3.8) is 0 Å². The van der Waals surface area contributed by atoms with E-state index in [1.165, 1.54) is 0 Å². The highest BCUT2D eigenvalue weighted by molar-refractivity contribution is 5.75. The van der Waals surface area contributed by atoms with Crippen LogP contribution in [-0.2, 0) is 11.2 Å². The van der Waals surface area contributed by atoms with Crippen LogP contribution in [0.15, 0.2) is 12.4 Å². The lowest BCUT2D eigenvalue weighted by Crippen LogP contribution is -2.18. The van der Waals surface area contributed by atoms with Gasteiger partial charge in [0.05, 0.1) is 6.61 Å². The highest BCUT2D eigenvalue weighted by Crippen LogP contribution is 2.04. The van der Waals surface area contributed by atoms with Gasteiger partial charge in [0.1, 0.15) is 0 Å². The number of rotatable bonds is 5. The van der Waals surface area contributed by atoms with E-state index in [1.54, 1.807) is 19.4 Å². The molecule has 0 spiro atoms. The molecular weight excluding hydrogens is 194 g/mol. The van der Waals surface area contributed by atoms with E-state index in [0.717, 1.165) is 5.56 Å². The molecule has 5 nitrogen and oxygen atoms in total. The highest BCUT2D eigenvalue weighted by atomic mass is 16.5. The molecular formula is C10H15N3O2. The number of amides is 1. The van der Waals surface area contributed by atoms with Crippen molar-refractivity contribution >= 4 is 5.91 Å². The van der Waals surface area contributed by atoms with Crippen molar-refractivity contribution in [2.24, 2.45) is 0 Å². The minimum atomic E-state index is 0.0175. The molecule has 1 aromatic heterocycles. The zero-order valence-electron chi connectivity index (χ0n) is 8.99. The van der Waals surface area contributed by atoms with Crippen LogP contribution in [-0.4, -0.2) is 29.5 Å². The van der Waals surface area contributed by atoms with E-state index in [9.17, 15) is 4.79 Å². The van der Waals surface area contributed by atoms with Gasteiger partial charge in [-0.3, -0.25) is 4.79 Å². The van der Waals surface area contributed by atoms with Gasteiger partial charge in [-0.1, -0.05) is 0 Å². The number of aromatic nitrogens is 2. The summed E-state index contributed by atoms with van der Waals surface area (Å²) >= 11 is 0. The summed E-state index contributed by atoms with van der Waals surface area (Å²) in [5.74, 6) is 0.0175. The van der Waals surface area contributed by atoms with Crippen LogP contribution >= 0.6 is 0 Å². The molecule has 0 saturated heterocycles. The Morgan fingerprint density at radius 3 is 2.67 bits per heavy atom. The van der Waals surface area contributed by atoms with Crippen LogP contribution in [0.2, 0.25) is 0 Å². The van der Waals surface area contributed by atoms with E-state index in [4.69, 9.17) is 4.74 Å². The van der Waals surface area contributed by atoms with Crippen LogP contribution in [0.4, 0.5) is 0 Å². The zero-order chi connectivity index (χ0) is 11.1. The summed E-state index contributed by atoms with van der Waals surface area (Å²) < 4.78 is 5.11. The lowest BCUT2D eigenvalue weighted by Gasteiger charge is -2.02. The quantitative estimate of drug-likeness (QED) is 0.769. The number of hydrogen-bond donors (Lipinski definition) is 1. The summed E-state index contributed by atoms with van der Waals surface area (Å²) in [6.45, 7) is 2.43. The molecule has 1 rings (SSSR count). The first-order valence-corrected chi connectivity index (χ1v) is 4.90. The van der Waals surface area contributed by atoms with E-state index >= 15 is 0 Å². The van der Waals surface area contributed by atoms with Crippen molar-refractivity contribution in [1.82, 2.24) is 15.3 Å². The second kappa shape index (κ2) is 5.95. The number of ether oxygens (including phenoxy) is 1. The molecule has 1 aromatic rings. The average Bonchev–Trinajstić information content (AvgIpc) is 2.28. The summed E-state index contributed by atoms with van der Waals surface area (Å²) in [6, 6.07) is 0.376. The molecule has 0 unspecified atom stereocenters. The van der Waals surface area contributed by atoms with Crippen LogP contribution in [0.5, 0.6) is 6.01 Å². The summed E-state index contributed by atoms with van der Waals surface area (Å²) in [5, 5.41) is 2.56. The Labute approximate surface area is 88.9 Å². The number of carbonyl (C=O) groups excluding carboxylic acids is 1. The van der Waals surface area contributed by atoms with Gasteiger partial charge < -0.3 is 10.1 Å². The van der Waals surface area contributed by atoms with Gasteiger partial charge in [-0.15, -0.1) is 0 Å². The minimum absolute atomic E-state index is 0.0175. The molecule has 0 aliphatic carbocycles.